The van der Waals surface area contributed by atoms with Gasteiger partial charge < -0.3 is 34.4 Å². The van der Waals surface area contributed by atoms with E-state index in [4.69, 9.17) is 87.5 Å². The molecule has 0 spiro atoms. The van der Waals surface area contributed by atoms with Crippen molar-refractivity contribution >= 4 is 69.2 Å². The Morgan fingerprint density at radius 3 is 1.34 bits per heavy atom. The van der Waals surface area contributed by atoms with E-state index < -0.39 is 11.2 Å². The molecule has 0 fully saturated rings. The zero-order chi connectivity index (χ0) is 37.8. The quantitative estimate of drug-likeness (QED) is 0.0819. The van der Waals surface area contributed by atoms with Crippen molar-refractivity contribution in [1.82, 2.24) is 4.90 Å². The Hall–Kier alpha value is -3.25. The molecular weight excluding hydrogens is 752 g/mol. The van der Waals surface area contributed by atoms with Crippen LogP contribution in [0.2, 0.25) is 20.1 Å². The van der Waals surface area contributed by atoms with Crippen LogP contribution in [0.3, 0.4) is 0 Å². The average Bonchev–Trinajstić information content (AvgIpc) is 3.12. The molecule has 0 aliphatic carbocycles. The molecule has 3 N–H and O–H groups in total. The number of hydrogen-bond donors (Lipinski definition) is 3. The summed E-state index contributed by atoms with van der Waals surface area (Å²) >= 11 is 28.8. The van der Waals surface area contributed by atoms with Gasteiger partial charge in [-0.15, -0.1) is 0 Å². The van der Waals surface area contributed by atoms with E-state index in [0.717, 1.165) is 5.56 Å². The summed E-state index contributed by atoms with van der Waals surface area (Å²) in [6.45, 7) is 10.1. The highest BCUT2D eigenvalue weighted by Crippen LogP contribution is 2.35. The SMILES string of the molecule is CCN(CC)CC.COc1c(Cl)ccc(Cl)c1C(=O)Cl.COc1c(Cl)ccc(Cl)c1C(=O)Oc1ccc(CO)cc1.OCc1ccc(O)cc1. The number of phenols is 1. The van der Waals surface area contributed by atoms with Gasteiger partial charge >= 0.3 is 5.97 Å². The predicted octanol–water partition coefficient (Wildman–Crippen LogP) is 9.33. The number of benzene rings is 4. The summed E-state index contributed by atoms with van der Waals surface area (Å²) in [4.78, 5) is 25.5. The third-order valence-corrected chi connectivity index (χ3v) is 8.12. The molecule has 0 aromatic heterocycles. The maximum Gasteiger partial charge on any atom is 0.348 e. The van der Waals surface area contributed by atoms with Crippen LogP contribution in [-0.4, -0.2) is 65.3 Å². The zero-order valence-electron chi connectivity index (χ0n) is 28.2. The third kappa shape index (κ3) is 14.5. The number of methoxy groups -OCH3 is 2. The largest absolute Gasteiger partial charge is 0.508 e. The molecule has 0 aliphatic heterocycles. The maximum absolute atomic E-state index is 12.2. The first-order chi connectivity index (χ1) is 23.8. The summed E-state index contributed by atoms with van der Waals surface area (Å²) in [7, 11) is 2.78. The van der Waals surface area contributed by atoms with Gasteiger partial charge in [-0.25, -0.2) is 4.79 Å². The molecule has 0 radical (unpaired) electrons. The molecule has 9 nitrogen and oxygen atoms in total. The van der Waals surface area contributed by atoms with Crippen LogP contribution in [0.15, 0.2) is 72.8 Å². The van der Waals surface area contributed by atoms with Crippen molar-refractivity contribution in [3.8, 4) is 23.0 Å². The number of ether oxygens (including phenoxy) is 3. The van der Waals surface area contributed by atoms with Gasteiger partial charge in [0.25, 0.3) is 5.24 Å². The second kappa shape index (κ2) is 24.0. The molecule has 50 heavy (non-hydrogen) atoms. The molecule has 0 heterocycles. The number of aromatic hydroxyl groups is 1. The van der Waals surface area contributed by atoms with Crippen LogP contribution < -0.4 is 14.2 Å². The molecule has 0 amide bonds. The molecular formula is C36H40Cl5NO8. The second-order valence-electron chi connectivity index (χ2n) is 9.78. The first-order valence-corrected chi connectivity index (χ1v) is 17.0. The van der Waals surface area contributed by atoms with Crippen LogP contribution in [-0.2, 0) is 13.2 Å². The van der Waals surface area contributed by atoms with Gasteiger partial charge in [0.05, 0.1) is 53.1 Å². The van der Waals surface area contributed by atoms with Crippen molar-refractivity contribution in [1.29, 1.82) is 0 Å². The van der Waals surface area contributed by atoms with Gasteiger partial charge in [-0.05, 0) is 90.9 Å². The number of nitrogens with zero attached hydrogens (tertiary/aromatic N) is 1. The fourth-order valence-electron chi connectivity index (χ4n) is 3.93. The number of aliphatic hydroxyl groups excluding tert-OH is 2. The smallest absolute Gasteiger partial charge is 0.348 e. The monoisotopic (exact) mass is 789 g/mol. The van der Waals surface area contributed by atoms with E-state index in [9.17, 15) is 9.59 Å². The highest BCUT2D eigenvalue weighted by Gasteiger charge is 2.21. The minimum Gasteiger partial charge on any atom is -0.508 e. The van der Waals surface area contributed by atoms with Gasteiger partial charge in [-0.3, -0.25) is 4.79 Å². The number of hydrogen-bond acceptors (Lipinski definition) is 9. The first kappa shape index (κ1) is 44.8. The molecule has 4 aromatic rings. The zero-order valence-corrected chi connectivity index (χ0v) is 32.0. The summed E-state index contributed by atoms with van der Waals surface area (Å²) < 4.78 is 15.2. The summed E-state index contributed by atoms with van der Waals surface area (Å²) in [6.07, 6.45) is 0. The molecule has 0 aliphatic rings. The number of carbonyl (C=O) groups is 2. The van der Waals surface area contributed by atoms with Crippen molar-refractivity contribution in [2.24, 2.45) is 0 Å². The lowest BCUT2D eigenvalue weighted by atomic mass is 10.2. The van der Waals surface area contributed by atoms with Crippen molar-refractivity contribution in [2.45, 2.75) is 34.0 Å². The normalized spacial score (nSPS) is 10.0. The lowest BCUT2D eigenvalue weighted by Crippen LogP contribution is -2.21. The molecule has 0 atom stereocenters. The summed E-state index contributed by atoms with van der Waals surface area (Å²) in [6, 6.07) is 19.0. The Bertz CT molecular complexity index is 1630. The van der Waals surface area contributed by atoms with Crippen LogP contribution in [0.1, 0.15) is 52.6 Å². The fraction of sp³-hybridized carbons (Fsp3) is 0.278. The Morgan fingerprint density at radius 1 is 0.620 bits per heavy atom. The van der Waals surface area contributed by atoms with E-state index in [-0.39, 0.29) is 56.7 Å². The molecule has 0 saturated carbocycles. The van der Waals surface area contributed by atoms with Crippen molar-refractivity contribution < 1.29 is 39.1 Å². The van der Waals surface area contributed by atoms with Gasteiger partial charge in [0.15, 0.2) is 11.5 Å². The summed E-state index contributed by atoms with van der Waals surface area (Å²) in [5, 5.41) is 26.6. The number of halogens is 5. The van der Waals surface area contributed by atoms with E-state index in [1.54, 1.807) is 48.5 Å². The number of aliphatic hydroxyl groups is 2. The van der Waals surface area contributed by atoms with Crippen LogP contribution in [0.5, 0.6) is 23.0 Å². The van der Waals surface area contributed by atoms with E-state index in [0.29, 0.717) is 16.3 Å². The van der Waals surface area contributed by atoms with Gasteiger partial charge in [0, 0.05) is 0 Å². The first-order valence-electron chi connectivity index (χ1n) is 15.1. The minimum absolute atomic E-state index is 0.0281. The Labute approximate surface area is 317 Å². The Balaban J connectivity index is 0.000000367. The molecule has 0 saturated heterocycles. The summed E-state index contributed by atoms with van der Waals surface area (Å²) in [5.74, 6) is 0.258. The highest BCUT2D eigenvalue weighted by molar-refractivity contribution is 6.69. The lowest BCUT2D eigenvalue weighted by Gasteiger charge is -2.13. The van der Waals surface area contributed by atoms with Crippen LogP contribution >= 0.6 is 58.0 Å². The molecule has 4 rings (SSSR count). The van der Waals surface area contributed by atoms with E-state index in [1.165, 1.54) is 58.1 Å². The number of phenolic OH excluding ortho intramolecular Hbond substituents is 1. The van der Waals surface area contributed by atoms with Crippen LogP contribution in [0, 0.1) is 0 Å². The number of rotatable bonds is 10. The lowest BCUT2D eigenvalue weighted by molar-refractivity contribution is 0.0731. The average molecular weight is 792 g/mol. The van der Waals surface area contributed by atoms with Crippen LogP contribution in [0.25, 0.3) is 0 Å². The Kier molecular flexibility index (Phi) is 21.5. The number of carbonyl (C=O) groups excluding carboxylic acids is 2. The maximum atomic E-state index is 12.2. The van der Waals surface area contributed by atoms with Crippen molar-refractivity contribution in [3.05, 3.63) is 115 Å². The van der Waals surface area contributed by atoms with Crippen molar-refractivity contribution in [2.75, 3.05) is 33.9 Å². The van der Waals surface area contributed by atoms with Gasteiger partial charge in [0.2, 0.25) is 0 Å². The van der Waals surface area contributed by atoms with Crippen LogP contribution in [0.4, 0.5) is 0 Å². The molecule has 0 bridgehead atoms. The standard InChI is InChI=1S/C15H12Cl2O4.C8H5Cl3O2.C7H8O2.C6H15N/c1-20-14-12(17)7-6-11(16)13(14)15(19)21-10-4-2-9(8-18)3-5-10;1-13-7-5(10)3-2-4(9)6(7)8(11)12;8-5-6-1-3-7(9)4-2-6;1-4-7(5-2)6-3/h2-7,18H,8H2,1H3;2-3H,1H3;1-4,8-9H,5H2;4-6H2,1-3H3. The third-order valence-electron chi connectivity index (χ3n) is 6.70. The second-order valence-corrected chi connectivity index (χ2v) is 11.8. The molecule has 0 unspecified atom stereocenters. The van der Waals surface area contributed by atoms with E-state index in [2.05, 4.69) is 25.7 Å². The molecule has 14 heteroatoms. The molecule has 272 valence electrons. The van der Waals surface area contributed by atoms with E-state index in [1.807, 2.05) is 0 Å². The number of esters is 1. The highest BCUT2D eigenvalue weighted by atomic mass is 35.5. The van der Waals surface area contributed by atoms with Gasteiger partial charge in [-0.2, -0.15) is 0 Å². The van der Waals surface area contributed by atoms with Crippen molar-refractivity contribution in [3.63, 3.8) is 0 Å². The predicted molar refractivity (Wildman–Crippen MR) is 201 cm³/mol. The fourth-order valence-corrected chi connectivity index (χ4v) is 5.10. The minimum atomic E-state index is -0.690. The van der Waals surface area contributed by atoms with Gasteiger partial charge in [0.1, 0.15) is 17.1 Å². The molecule has 4 aromatic carbocycles. The Morgan fingerprint density at radius 2 is 1.00 bits per heavy atom. The van der Waals surface area contributed by atoms with Gasteiger partial charge in [-0.1, -0.05) is 91.4 Å². The topological polar surface area (TPSA) is 126 Å². The summed E-state index contributed by atoms with van der Waals surface area (Å²) in [5.41, 5.74) is 1.69. The van der Waals surface area contributed by atoms with E-state index >= 15 is 0 Å².